The Kier molecular flexibility index (Phi) is 15.3. The normalized spacial score (nSPS) is 8.29. The Balaban J connectivity index is -0.000000482. The maximum atomic E-state index is 11.2. The van der Waals surface area contributed by atoms with Crippen LogP contribution in [0.2, 0.25) is 0 Å². The number of aliphatic hydroxyl groups is 1. The molecule has 0 saturated carbocycles. The Morgan fingerprint density at radius 3 is 2.00 bits per heavy atom. The minimum absolute atomic E-state index is 0. The summed E-state index contributed by atoms with van der Waals surface area (Å²) in [7, 11) is 11.5. The van der Waals surface area contributed by atoms with E-state index < -0.39 is 12.3 Å². The number of nitrogens with zero attached hydrogens (tertiary/aromatic N) is 1. The van der Waals surface area contributed by atoms with Gasteiger partial charge < -0.3 is 5.11 Å². The number of hydrogen-bond acceptors (Lipinski definition) is 5. The molecule has 0 heterocycles. The fraction of sp³-hybridized carbons (Fsp3) is 0.250. The van der Waals surface area contributed by atoms with Gasteiger partial charge in [0.25, 0.3) is 0 Å². The van der Waals surface area contributed by atoms with E-state index in [1.165, 1.54) is 26.0 Å². The zero-order valence-electron chi connectivity index (χ0n) is 11.2. The van der Waals surface area contributed by atoms with Gasteiger partial charge >= 0.3 is 12.3 Å². The van der Waals surface area contributed by atoms with Gasteiger partial charge in [0.05, 0.1) is 5.76 Å². The summed E-state index contributed by atoms with van der Waals surface area (Å²) >= 11 is -2.04. The number of anilines is 1. The molecule has 1 aromatic carbocycles. The third-order valence-electron chi connectivity index (χ3n) is 1.87. The number of aliphatic hydroxyl groups excluding tert-OH is 1. The average Bonchev–Trinajstić information content (AvgIpc) is 2.27. The van der Waals surface area contributed by atoms with Crippen LogP contribution in [0.15, 0.2) is 30.5 Å². The summed E-state index contributed by atoms with van der Waals surface area (Å²) in [4.78, 5) is 11.2. The molecule has 21 heavy (non-hydrogen) atoms. The summed E-state index contributed by atoms with van der Waals surface area (Å²) in [6, 6.07) is 4.43. The first-order chi connectivity index (χ1) is 8.66. The molecule has 0 amide bonds. The first-order valence-electron chi connectivity index (χ1n) is 5.12. The Morgan fingerprint density at radius 2 is 1.71 bits per heavy atom. The zero-order valence-corrected chi connectivity index (χ0v) is 16.8. The van der Waals surface area contributed by atoms with E-state index in [1.807, 2.05) is 0 Å². The van der Waals surface area contributed by atoms with Crippen LogP contribution in [-0.2, 0) is 19.5 Å². The van der Waals surface area contributed by atoms with E-state index in [0.29, 0.717) is 4.43 Å². The molecule has 0 bridgehead atoms. The van der Waals surface area contributed by atoms with Gasteiger partial charge in [0.2, 0.25) is 0 Å². The Bertz CT molecular complexity index is 469. The van der Waals surface area contributed by atoms with Crippen LogP contribution in [0.25, 0.3) is 0 Å². The third kappa shape index (κ3) is 10.3. The summed E-state index contributed by atoms with van der Waals surface area (Å²) in [6.45, 7) is 5.96. The van der Waals surface area contributed by atoms with Gasteiger partial charge in [-0.1, -0.05) is 30.6 Å². The van der Waals surface area contributed by atoms with E-state index in [9.17, 15) is 4.79 Å². The Labute approximate surface area is 150 Å². The topological polar surface area (TPSA) is 81.0 Å². The molecule has 9 heteroatoms. The fourth-order valence-electron chi connectivity index (χ4n) is 1.15. The maximum Gasteiger partial charge on any atom is 0.555 e. The molecule has 0 aliphatic carbocycles. The second-order valence-electron chi connectivity index (χ2n) is 3.66. The van der Waals surface area contributed by atoms with Crippen LogP contribution in [0.4, 0.5) is 5.69 Å². The number of carbonyl (C=O) groups excluding carboxylic acids is 1. The molecule has 0 atom stereocenters. The summed E-state index contributed by atoms with van der Waals surface area (Å²) < 4.78 is 0.661. The molecule has 0 unspecified atom stereocenters. The van der Waals surface area contributed by atoms with Crippen molar-refractivity contribution < 1.29 is 39.8 Å². The average molecular weight is 404 g/mol. The predicted octanol–water partition coefficient (Wildman–Crippen LogP) is 3.36. The van der Waals surface area contributed by atoms with Crippen LogP contribution >= 0.6 is 20.1 Å². The minimum Gasteiger partial charge on any atom is -0.513 e. The first kappa shape index (κ1) is 25.8. The van der Waals surface area contributed by atoms with Gasteiger partial charge in [0.1, 0.15) is 5.69 Å². The molecule has 1 rings (SSSR count). The van der Waals surface area contributed by atoms with Crippen LogP contribution in [0.1, 0.15) is 31.6 Å². The van der Waals surface area contributed by atoms with E-state index in [4.69, 9.17) is 35.6 Å². The molecular weight excluding hydrogens is 385 g/mol. The van der Waals surface area contributed by atoms with Crippen molar-refractivity contribution >= 4 is 48.3 Å². The van der Waals surface area contributed by atoms with Gasteiger partial charge in [-0.25, -0.2) is 20.1 Å². The van der Waals surface area contributed by atoms with Gasteiger partial charge in [-0.05, 0) is 19.9 Å². The van der Waals surface area contributed by atoms with E-state index in [-0.39, 0.29) is 54.9 Å². The zero-order chi connectivity index (χ0) is 15.2. The quantitative estimate of drug-likeness (QED) is 0.312. The standard InChI is InChI=1S/C8H8NO3.C3H6O.CH4.Al.2ClH.Zn/c1-6(10)7-4-2-3-5-8(7)9(11)12;1-3(2)4;;;;;/h3-5,11-12H,1H3;4H,1H2,2H3;1H4;;2*1H;/q;;;+2;;;/p-2. The molecule has 0 spiro atoms. The van der Waals surface area contributed by atoms with Crippen molar-refractivity contribution in [1.82, 2.24) is 0 Å². The monoisotopic (exact) mass is 401 g/mol. The van der Waals surface area contributed by atoms with Crippen molar-refractivity contribution in [3.05, 3.63) is 36.1 Å². The molecule has 5 nitrogen and oxygen atoms in total. The van der Waals surface area contributed by atoms with Crippen LogP contribution in [-0.4, -0.2) is 33.6 Å². The smallest absolute Gasteiger partial charge is 0.513 e. The molecule has 0 aromatic heterocycles. The number of halogens is 2. The fourth-order valence-corrected chi connectivity index (χ4v) is 2.49. The largest absolute Gasteiger partial charge is 0.555 e. The van der Waals surface area contributed by atoms with Crippen LogP contribution in [0, 0.1) is 0 Å². The maximum absolute atomic E-state index is 11.2. The van der Waals surface area contributed by atoms with Gasteiger partial charge in [-0.3, -0.25) is 15.2 Å². The molecular formula is C12H18AlCl2NO4Zn. The van der Waals surface area contributed by atoms with Crippen LogP contribution in [0.3, 0.4) is 0 Å². The second-order valence-corrected chi connectivity index (χ2v) is 8.22. The molecule has 0 radical (unpaired) electrons. The van der Waals surface area contributed by atoms with Crippen molar-refractivity contribution in [2.75, 3.05) is 5.23 Å². The van der Waals surface area contributed by atoms with Gasteiger partial charge in [-0.15, -0.1) is 5.23 Å². The molecule has 3 N–H and O–H groups in total. The molecule has 0 saturated heterocycles. The summed E-state index contributed by atoms with van der Waals surface area (Å²) in [6.07, 6.45) is 0. The number of carbonyl (C=O) groups is 1. The number of allylic oxidation sites excluding steroid dienone is 1. The van der Waals surface area contributed by atoms with E-state index >= 15 is 0 Å². The summed E-state index contributed by atoms with van der Waals surface area (Å²) in [5, 5.41) is 25.5. The summed E-state index contributed by atoms with van der Waals surface area (Å²) in [5.41, 5.74) is 0.186. The van der Waals surface area contributed by atoms with Gasteiger partial charge in [0.15, 0.2) is 5.78 Å². The molecule has 0 aliphatic heterocycles. The summed E-state index contributed by atoms with van der Waals surface area (Å²) in [5.74, 6) is -0.122. The van der Waals surface area contributed by atoms with Crippen molar-refractivity contribution in [3.63, 3.8) is 0 Å². The van der Waals surface area contributed by atoms with E-state index in [1.54, 1.807) is 6.07 Å². The predicted molar refractivity (Wildman–Crippen MR) is 83.8 cm³/mol. The van der Waals surface area contributed by atoms with Gasteiger partial charge in [-0.2, -0.15) is 0 Å². The van der Waals surface area contributed by atoms with E-state index in [0.717, 1.165) is 0 Å². The van der Waals surface area contributed by atoms with Crippen LogP contribution < -0.4 is 9.65 Å². The van der Waals surface area contributed by atoms with Gasteiger partial charge in [0, 0.05) is 25.0 Å². The number of hydrogen-bond donors (Lipinski definition) is 3. The number of rotatable bonds is 3. The van der Waals surface area contributed by atoms with Crippen molar-refractivity contribution in [3.8, 4) is 0 Å². The number of Topliss-reactive ketones (excluding diaryl/α,β-unsaturated/α-hetero) is 1. The number of ketones is 1. The first-order valence-corrected chi connectivity index (χ1v) is 9.19. The van der Waals surface area contributed by atoms with E-state index in [2.05, 4.69) is 6.58 Å². The van der Waals surface area contributed by atoms with Crippen LogP contribution in [0.5, 0.6) is 0 Å². The molecule has 114 valence electrons. The Morgan fingerprint density at radius 1 is 1.29 bits per heavy atom. The Hall–Kier alpha value is -0.114. The second kappa shape index (κ2) is 12.4. The van der Waals surface area contributed by atoms with Crippen molar-refractivity contribution in [1.29, 1.82) is 0 Å². The SMILES string of the molecule is C.C=C(C)O.CC(=O)c1c[c]([Al]([Cl])[Cl])ccc1N(O)O.[Zn]. The molecule has 0 aliphatic rings. The van der Waals surface area contributed by atoms with Crippen molar-refractivity contribution in [2.24, 2.45) is 0 Å². The number of benzene rings is 1. The third-order valence-corrected chi connectivity index (χ3v) is 4.24. The molecule has 1 aromatic rings. The molecule has 0 fully saturated rings. The minimum atomic E-state index is -2.04. The van der Waals surface area contributed by atoms with Crippen molar-refractivity contribution in [2.45, 2.75) is 21.3 Å².